The SMILES string of the molecule is CC1CN(c2ccc(C(=O)C(F)(F)F)cc2)CCN1c1cccc(C(=O)NC2C3CC4CC2CC(O)(C4)C3)n1. The first-order valence-electron chi connectivity index (χ1n) is 13.7. The zero-order valence-corrected chi connectivity index (χ0v) is 21.8. The second-order valence-corrected chi connectivity index (χ2v) is 11.9. The zero-order chi connectivity index (χ0) is 27.5. The van der Waals surface area contributed by atoms with E-state index < -0.39 is 17.6 Å². The monoisotopic (exact) mass is 542 g/mol. The quantitative estimate of drug-likeness (QED) is 0.551. The molecule has 0 radical (unpaired) electrons. The van der Waals surface area contributed by atoms with Gasteiger partial charge in [-0.05, 0) is 93.2 Å². The molecule has 7 nitrogen and oxygen atoms in total. The Kier molecular flexibility index (Phi) is 6.36. The van der Waals surface area contributed by atoms with E-state index in [-0.39, 0.29) is 23.6 Å². The molecule has 39 heavy (non-hydrogen) atoms. The van der Waals surface area contributed by atoms with E-state index in [1.165, 1.54) is 12.1 Å². The van der Waals surface area contributed by atoms with E-state index in [0.29, 0.717) is 48.9 Å². The fraction of sp³-hybridized carbons (Fsp3) is 0.552. The molecule has 4 saturated carbocycles. The van der Waals surface area contributed by atoms with Crippen molar-refractivity contribution in [3.8, 4) is 0 Å². The highest BCUT2D eigenvalue weighted by atomic mass is 19.4. The maximum atomic E-state index is 13.3. The molecular formula is C29H33F3N4O3. The summed E-state index contributed by atoms with van der Waals surface area (Å²) in [7, 11) is 0. The predicted molar refractivity (Wildman–Crippen MR) is 140 cm³/mol. The summed E-state index contributed by atoms with van der Waals surface area (Å²) in [5, 5.41) is 14.1. The van der Waals surface area contributed by atoms with E-state index in [0.717, 1.165) is 37.8 Å². The van der Waals surface area contributed by atoms with Crippen molar-refractivity contribution in [1.82, 2.24) is 10.3 Å². The zero-order valence-electron chi connectivity index (χ0n) is 21.8. The number of halogens is 3. The first-order chi connectivity index (χ1) is 18.5. The Morgan fingerprint density at radius 1 is 1.03 bits per heavy atom. The molecule has 1 aliphatic heterocycles. The molecule has 2 N–H and O–H groups in total. The third kappa shape index (κ3) is 4.99. The number of rotatable bonds is 5. The van der Waals surface area contributed by atoms with Crippen LogP contribution < -0.4 is 15.1 Å². The van der Waals surface area contributed by atoms with E-state index in [1.807, 2.05) is 19.1 Å². The van der Waals surface area contributed by atoms with E-state index in [2.05, 4.69) is 15.1 Å². The molecule has 10 heteroatoms. The fourth-order valence-electron chi connectivity index (χ4n) is 7.67. The smallest absolute Gasteiger partial charge is 0.390 e. The van der Waals surface area contributed by atoms with Gasteiger partial charge in [0.05, 0.1) is 5.60 Å². The highest BCUT2D eigenvalue weighted by molar-refractivity contribution is 6.00. The van der Waals surface area contributed by atoms with Gasteiger partial charge in [-0.25, -0.2) is 4.98 Å². The van der Waals surface area contributed by atoms with Crippen molar-refractivity contribution in [2.75, 3.05) is 29.4 Å². The molecule has 2 heterocycles. The van der Waals surface area contributed by atoms with Gasteiger partial charge in [-0.3, -0.25) is 9.59 Å². The Morgan fingerprint density at radius 3 is 2.33 bits per heavy atom. The van der Waals surface area contributed by atoms with Crippen molar-refractivity contribution in [2.45, 2.75) is 62.9 Å². The number of hydrogen-bond acceptors (Lipinski definition) is 6. The van der Waals surface area contributed by atoms with E-state index in [9.17, 15) is 27.9 Å². The van der Waals surface area contributed by atoms with Gasteiger partial charge in [-0.15, -0.1) is 0 Å². The lowest BCUT2D eigenvalue weighted by molar-refractivity contribution is -0.136. The number of nitrogens with one attached hydrogen (secondary N) is 1. The summed E-state index contributed by atoms with van der Waals surface area (Å²) in [6.45, 7) is 3.89. The average molecular weight is 543 g/mol. The van der Waals surface area contributed by atoms with E-state index in [1.54, 1.807) is 18.2 Å². The summed E-state index contributed by atoms with van der Waals surface area (Å²) in [5.41, 5.74) is 0.208. The van der Waals surface area contributed by atoms with Crippen molar-refractivity contribution in [1.29, 1.82) is 0 Å². The van der Waals surface area contributed by atoms with Crippen LogP contribution in [0.15, 0.2) is 42.5 Å². The third-order valence-electron chi connectivity index (χ3n) is 9.18. The molecule has 1 aromatic heterocycles. The van der Waals surface area contributed by atoms with Gasteiger partial charge >= 0.3 is 6.18 Å². The minimum Gasteiger partial charge on any atom is -0.390 e. The Hall–Kier alpha value is -3.14. The largest absolute Gasteiger partial charge is 0.454 e. The maximum absolute atomic E-state index is 13.3. The van der Waals surface area contributed by atoms with Gasteiger partial charge in [0.15, 0.2) is 0 Å². The number of amides is 1. The predicted octanol–water partition coefficient (Wildman–Crippen LogP) is 4.21. The minimum atomic E-state index is -4.89. The molecule has 1 aromatic carbocycles. The Morgan fingerprint density at radius 2 is 1.72 bits per heavy atom. The average Bonchev–Trinajstić information content (AvgIpc) is 2.89. The van der Waals surface area contributed by atoms with Gasteiger partial charge in [0, 0.05) is 43.0 Å². The molecule has 5 aliphatic rings. The second kappa shape index (κ2) is 9.50. The molecule has 2 aromatic rings. The van der Waals surface area contributed by atoms with E-state index >= 15 is 0 Å². The highest BCUT2D eigenvalue weighted by Crippen LogP contribution is 2.55. The van der Waals surface area contributed by atoms with Crippen molar-refractivity contribution < 1.29 is 27.9 Å². The minimum absolute atomic E-state index is 0.0335. The number of aliphatic hydroxyl groups is 1. The van der Waals surface area contributed by atoms with Crippen LogP contribution in [0.1, 0.15) is 59.9 Å². The van der Waals surface area contributed by atoms with Gasteiger partial charge in [-0.2, -0.15) is 13.2 Å². The molecule has 4 bridgehead atoms. The third-order valence-corrected chi connectivity index (χ3v) is 9.18. The van der Waals surface area contributed by atoms with Crippen LogP contribution in [-0.4, -0.2) is 65.3 Å². The molecular weight excluding hydrogens is 509 g/mol. The topological polar surface area (TPSA) is 85.8 Å². The van der Waals surface area contributed by atoms with Crippen molar-refractivity contribution in [3.63, 3.8) is 0 Å². The number of carbonyl (C=O) groups excluding carboxylic acids is 2. The maximum Gasteiger partial charge on any atom is 0.454 e. The van der Waals surface area contributed by atoms with Crippen LogP contribution in [0, 0.1) is 17.8 Å². The molecule has 5 fully saturated rings. The molecule has 7 rings (SSSR count). The lowest BCUT2D eigenvalue weighted by atomic mass is 9.52. The van der Waals surface area contributed by atoms with Crippen molar-refractivity contribution in [2.24, 2.45) is 17.8 Å². The first kappa shape index (κ1) is 26.1. The number of piperazine rings is 1. The standard InChI is InChI=1S/C29H33F3N4O3/c1-17-16-35(22-7-5-19(6-8-22)26(37)29(30,31)32)9-10-36(17)24-4-2-3-23(33-24)27(38)34-25-20-11-18-12-21(25)15-28(39,13-18)14-20/h2-8,17-18,20-21,25,39H,9-16H2,1H3,(H,34,38). The van der Waals surface area contributed by atoms with Crippen LogP contribution >= 0.6 is 0 Å². The Bertz CT molecular complexity index is 1250. The number of anilines is 2. The van der Waals surface area contributed by atoms with Crippen molar-refractivity contribution in [3.05, 3.63) is 53.7 Å². The number of ketones is 1. The van der Waals surface area contributed by atoms with Gasteiger partial charge in [0.1, 0.15) is 11.5 Å². The number of carbonyl (C=O) groups is 2. The normalized spacial score (nSPS) is 31.9. The summed E-state index contributed by atoms with van der Waals surface area (Å²) in [6, 6.07) is 11.1. The molecule has 4 aliphatic carbocycles. The first-order valence-corrected chi connectivity index (χ1v) is 13.7. The highest BCUT2D eigenvalue weighted by Gasteiger charge is 2.55. The van der Waals surface area contributed by atoms with Crippen LogP contribution in [0.25, 0.3) is 0 Å². The molecule has 1 saturated heterocycles. The van der Waals surface area contributed by atoms with Crippen LogP contribution in [0.3, 0.4) is 0 Å². The van der Waals surface area contributed by atoms with E-state index in [4.69, 9.17) is 4.98 Å². The van der Waals surface area contributed by atoms with Crippen LogP contribution in [-0.2, 0) is 0 Å². The number of nitrogens with zero attached hydrogens (tertiary/aromatic N) is 3. The number of benzene rings is 1. The summed E-state index contributed by atoms with van der Waals surface area (Å²) in [4.78, 5) is 33.6. The van der Waals surface area contributed by atoms with Crippen LogP contribution in [0.5, 0.6) is 0 Å². The van der Waals surface area contributed by atoms with Crippen molar-refractivity contribution >= 4 is 23.2 Å². The summed E-state index contributed by atoms with van der Waals surface area (Å²) in [6.07, 6.45) is -0.319. The fourth-order valence-corrected chi connectivity index (χ4v) is 7.67. The Balaban J connectivity index is 1.10. The molecule has 0 spiro atoms. The lowest BCUT2D eigenvalue weighted by Crippen LogP contribution is -2.61. The summed E-state index contributed by atoms with van der Waals surface area (Å²) >= 11 is 0. The number of pyridine rings is 1. The van der Waals surface area contributed by atoms with Crippen LogP contribution in [0.2, 0.25) is 0 Å². The molecule has 1 amide bonds. The lowest BCUT2D eigenvalue weighted by Gasteiger charge is -2.58. The van der Waals surface area contributed by atoms with Crippen LogP contribution in [0.4, 0.5) is 24.7 Å². The Labute approximate surface area is 225 Å². The summed E-state index contributed by atoms with van der Waals surface area (Å²) < 4.78 is 38.2. The summed E-state index contributed by atoms with van der Waals surface area (Å²) in [5.74, 6) is -0.101. The van der Waals surface area contributed by atoms with Gasteiger partial charge in [0.2, 0.25) is 0 Å². The number of alkyl halides is 3. The number of hydrogen-bond donors (Lipinski definition) is 2. The van der Waals surface area contributed by atoms with Gasteiger partial charge in [0.25, 0.3) is 11.7 Å². The molecule has 3 atom stereocenters. The molecule has 3 unspecified atom stereocenters. The second-order valence-electron chi connectivity index (χ2n) is 11.9. The molecule has 208 valence electrons. The number of Topliss-reactive ketones (excluding diaryl/α,β-unsaturated/α-hetero) is 1. The number of aromatic nitrogens is 1. The van der Waals surface area contributed by atoms with Gasteiger partial charge in [-0.1, -0.05) is 6.07 Å². The van der Waals surface area contributed by atoms with Gasteiger partial charge < -0.3 is 20.2 Å².